The molecule has 1 saturated heterocycles. The summed E-state index contributed by atoms with van der Waals surface area (Å²) in [5, 5.41) is 0. The van der Waals surface area contributed by atoms with Gasteiger partial charge in [-0.3, -0.25) is 0 Å². The summed E-state index contributed by atoms with van der Waals surface area (Å²) in [7, 11) is 10.6. The Morgan fingerprint density at radius 1 is 0.871 bits per heavy atom. The number of ether oxygens (including phenoxy) is 1. The van der Waals surface area contributed by atoms with Crippen molar-refractivity contribution in [1.82, 2.24) is 0 Å². The van der Waals surface area contributed by atoms with Crippen molar-refractivity contribution in [2.45, 2.75) is 48.5 Å². The first-order chi connectivity index (χ1) is 14.5. The van der Waals surface area contributed by atoms with Gasteiger partial charge in [-0.1, -0.05) is 35.4 Å². The topological polar surface area (TPSA) is 32.8 Å². The molecule has 3 rings (SSSR count). The average molecular weight is 552 g/mol. The molecule has 1 heterocycles. The van der Waals surface area contributed by atoms with E-state index in [-0.39, 0.29) is 5.97 Å². The van der Waals surface area contributed by atoms with Gasteiger partial charge in [-0.05, 0) is 63.8 Å². The maximum absolute atomic E-state index is 10.0. The van der Waals surface area contributed by atoms with Crippen LogP contribution in [0.3, 0.4) is 0 Å². The average Bonchev–Trinajstić information content (AvgIpc) is 3.07. The third kappa shape index (κ3) is 7.31. The second kappa shape index (κ2) is 11.4. The first-order valence-electron chi connectivity index (χ1n) is 10.0. The molecule has 4 nitrogen and oxygen atoms in total. The van der Waals surface area contributed by atoms with Gasteiger partial charge < -0.3 is 9.80 Å². The molecule has 0 radical (unpaired) electrons. The van der Waals surface area contributed by atoms with Gasteiger partial charge in [0.25, 0.3) is 0 Å². The molecule has 1 fully saturated rings. The van der Waals surface area contributed by atoms with E-state index < -0.39 is 13.5 Å². The molecule has 0 aliphatic carbocycles. The first-order valence-corrected chi connectivity index (χ1v) is 15.5. The number of aryl methyl sites for hydroxylation is 6. The van der Waals surface area contributed by atoms with Crippen molar-refractivity contribution < 1.29 is 23.0 Å². The Kier molecular flexibility index (Phi) is 9.54. The predicted octanol–water partition coefficient (Wildman–Crippen LogP) is 6.22. The SMILES string of the molecule is CC(=O)O[CH]=[Ru]([Cl])[Cl].Cc1cc(C)c(N2[CH-]N(c3c(C)cc(C)cc3C)CC2)c(C)c1. The predicted molar refractivity (Wildman–Crippen MR) is 130 cm³/mol. The van der Waals surface area contributed by atoms with E-state index in [1.807, 2.05) is 0 Å². The normalized spacial score (nSPS) is 13.5. The number of hydrogen-bond donors (Lipinski definition) is 0. The van der Waals surface area contributed by atoms with Crippen molar-refractivity contribution in [3.63, 3.8) is 0 Å². The molecule has 0 atom stereocenters. The van der Waals surface area contributed by atoms with Crippen molar-refractivity contribution in [3.05, 3.63) is 64.3 Å². The van der Waals surface area contributed by atoms with Crippen LogP contribution < -0.4 is 9.80 Å². The van der Waals surface area contributed by atoms with E-state index in [2.05, 4.69) is 87.0 Å². The van der Waals surface area contributed by atoms with Crippen LogP contribution in [0.1, 0.15) is 40.3 Å². The zero-order valence-electron chi connectivity index (χ0n) is 19.2. The fourth-order valence-electron chi connectivity index (χ4n) is 4.18. The van der Waals surface area contributed by atoms with E-state index in [0.29, 0.717) is 0 Å². The molecular weight excluding hydrogens is 520 g/mol. The van der Waals surface area contributed by atoms with Crippen LogP contribution in [0.4, 0.5) is 11.4 Å². The summed E-state index contributed by atoms with van der Waals surface area (Å²) < 4.78 is 4.34. The number of hydrogen-bond acceptors (Lipinski definition) is 4. The standard InChI is InChI=1S/C21H27N2.C3H4O2.2ClH.Ru/c1-14-9-16(3)20(17(4)10-14)22-7-8-23(13-22)21-18(5)11-15(2)12-19(21)6;1-3(4)5-2;;;/h9-13H,7-8H2,1-6H3;2H,1H3;2*1H;/q-1;;;;+2/p-2. The number of halogens is 2. The monoisotopic (exact) mass is 551 g/mol. The fourth-order valence-corrected chi connectivity index (χ4v) is 5.00. The summed E-state index contributed by atoms with van der Waals surface area (Å²) in [5.41, 5.74) is 10.8. The smallest absolute Gasteiger partial charge is 0.0146 e. The molecule has 0 N–H and O–H groups in total. The van der Waals surface area contributed by atoms with Gasteiger partial charge in [0.15, 0.2) is 0 Å². The summed E-state index contributed by atoms with van der Waals surface area (Å²) in [4.78, 5) is 16.0. The Balaban J connectivity index is 0.000000366. The van der Waals surface area contributed by atoms with Crippen LogP contribution in [0, 0.1) is 48.2 Å². The second-order valence-electron chi connectivity index (χ2n) is 7.89. The van der Waals surface area contributed by atoms with Crippen molar-refractivity contribution in [2.24, 2.45) is 0 Å². The second-order valence-corrected chi connectivity index (χ2v) is 13.5. The van der Waals surface area contributed by atoms with Crippen LogP contribution in [0.25, 0.3) is 0 Å². The van der Waals surface area contributed by atoms with E-state index in [0.717, 1.165) is 13.1 Å². The minimum absolute atomic E-state index is 0.384. The summed E-state index contributed by atoms with van der Waals surface area (Å²) in [6.45, 7) is 18.9. The Morgan fingerprint density at radius 3 is 1.48 bits per heavy atom. The summed E-state index contributed by atoms with van der Waals surface area (Å²) in [6, 6.07) is 9.12. The van der Waals surface area contributed by atoms with Gasteiger partial charge in [0.2, 0.25) is 0 Å². The molecule has 0 aromatic heterocycles. The zero-order chi connectivity index (χ0) is 23.3. The van der Waals surface area contributed by atoms with E-state index in [9.17, 15) is 4.79 Å². The number of nitrogens with zero attached hydrogens (tertiary/aromatic N) is 2. The minimum atomic E-state index is -1.89. The van der Waals surface area contributed by atoms with E-state index >= 15 is 0 Å². The Morgan fingerprint density at radius 2 is 1.23 bits per heavy atom. The van der Waals surface area contributed by atoms with Crippen molar-refractivity contribution in [2.75, 3.05) is 22.9 Å². The van der Waals surface area contributed by atoms with Crippen molar-refractivity contribution in [3.8, 4) is 0 Å². The molecule has 7 heteroatoms. The molecule has 2 aromatic carbocycles. The Hall–Kier alpha value is -1.42. The molecule has 1 aliphatic rings. The molecule has 1 aliphatic heterocycles. The number of esters is 1. The fraction of sp³-hybridized carbons (Fsp3) is 0.375. The van der Waals surface area contributed by atoms with Gasteiger partial charge in [0.1, 0.15) is 0 Å². The van der Waals surface area contributed by atoms with Gasteiger partial charge in [0, 0.05) is 24.5 Å². The molecule has 2 aromatic rings. The Bertz CT molecular complexity index is 878. The molecule has 0 spiro atoms. The zero-order valence-corrected chi connectivity index (χ0v) is 22.4. The third-order valence-corrected chi connectivity index (χ3v) is 6.24. The van der Waals surface area contributed by atoms with Crippen LogP contribution in [0.5, 0.6) is 0 Å². The molecule has 0 unspecified atom stereocenters. The number of carbonyl (C=O) groups excluding carboxylic acids is 1. The molecular formula is C24H31Cl2N2O2Ru-. The van der Waals surface area contributed by atoms with Gasteiger partial charge in [-0.2, -0.15) is 6.67 Å². The van der Waals surface area contributed by atoms with E-state index in [1.165, 1.54) is 56.5 Å². The minimum Gasteiger partial charge on any atom is -0.502 e. The third-order valence-electron chi connectivity index (χ3n) is 4.98. The summed E-state index contributed by atoms with van der Waals surface area (Å²) in [5.74, 6) is -0.384. The summed E-state index contributed by atoms with van der Waals surface area (Å²) >= 11 is -1.89. The number of benzene rings is 2. The number of rotatable bonds is 3. The van der Waals surface area contributed by atoms with Crippen molar-refractivity contribution in [1.29, 1.82) is 0 Å². The van der Waals surface area contributed by atoms with Crippen LogP contribution in [0.2, 0.25) is 0 Å². The van der Waals surface area contributed by atoms with Crippen molar-refractivity contribution >= 4 is 41.5 Å². The van der Waals surface area contributed by atoms with Gasteiger partial charge in [-0.25, -0.2) is 0 Å². The quantitative estimate of drug-likeness (QED) is 0.258. The number of carbonyl (C=O) groups is 1. The number of anilines is 2. The van der Waals surface area contributed by atoms with Crippen LogP contribution >= 0.6 is 19.4 Å². The van der Waals surface area contributed by atoms with Crippen LogP contribution in [0.15, 0.2) is 24.3 Å². The van der Waals surface area contributed by atoms with Crippen LogP contribution in [-0.2, 0) is 23.0 Å². The van der Waals surface area contributed by atoms with E-state index in [1.54, 1.807) is 0 Å². The maximum Gasteiger partial charge on any atom is 0.0146 e. The maximum atomic E-state index is 10.0. The van der Waals surface area contributed by atoms with E-state index in [4.69, 9.17) is 19.4 Å². The van der Waals surface area contributed by atoms with Gasteiger partial charge in [0.05, 0.1) is 0 Å². The molecule has 0 bridgehead atoms. The van der Waals surface area contributed by atoms with Gasteiger partial charge in [-0.15, -0.1) is 0 Å². The molecule has 31 heavy (non-hydrogen) atoms. The molecule has 0 amide bonds. The van der Waals surface area contributed by atoms with Gasteiger partial charge >= 0.3 is 60.1 Å². The molecule has 0 saturated carbocycles. The first kappa shape index (κ1) is 25.8. The largest absolute Gasteiger partial charge is 0.502 e. The Labute approximate surface area is 199 Å². The van der Waals surface area contributed by atoms with Crippen LogP contribution in [-0.4, -0.2) is 23.9 Å². The molecule has 172 valence electrons. The summed E-state index contributed by atoms with van der Waals surface area (Å²) in [6.07, 6.45) is 0.